The van der Waals surface area contributed by atoms with Crippen molar-refractivity contribution >= 4 is 11.9 Å². The Bertz CT molecular complexity index is 127. The van der Waals surface area contributed by atoms with E-state index in [2.05, 4.69) is 17.9 Å². The molecule has 0 aromatic rings. The number of hydrogen-bond acceptors (Lipinski definition) is 2. The first kappa shape index (κ1) is 8.37. The summed E-state index contributed by atoms with van der Waals surface area (Å²) in [7, 11) is 0. The zero-order valence-corrected chi connectivity index (χ0v) is 6.37. The van der Waals surface area contributed by atoms with Crippen LogP contribution in [0, 0.1) is 0 Å². The van der Waals surface area contributed by atoms with Gasteiger partial charge in [-0.3, -0.25) is 0 Å². The number of allylic oxidation sites excluding steroid dienone is 2. The fraction of sp³-hybridized carbons (Fsp3) is 0.143. The Morgan fingerprint density at radius 1 is 1.67 bits per heavy atom. The molecule has 0 aliphatic heterocycles. The second-order valence-electron chi connectivity index (χ2n) is 1.42. The van der Waals surface area contributed by atoms with Crippen molar-refractivity contribution in [2.45, 2.75) is 6.92 Å². The van der Waals surface area contributed by atoms with Gasteiger partial charge in [-0.05, 0) is 30.4 Å². The largest absolute Gasteiger partial charge is 0.327 e. The Kier molecular flexibility index (Phi) is 5.12. The van der Waals surface area contributed by atoms with Crippen molar-refractivity contribution in [1.82, 2.24) is 4.72 Å². The molecule has 0 radical (unpaired) electrons. The van der Waals surface area contributed by atoms with E-state index in [0.29, 0.717) is 0 Å². The van der Waals surface area contributed by atoms with Gasteiger partial charge in [0.1, 0.15) is 0 Å². The highest BCUT2D eigenvalue weighted by Crippen LogP contribution is 1.98. The van der Waals surface area contributed by atoms with Gasteiger partial charge in [-0.1, -0.05) is 19.2 Å². The summed E-state index contributed by atoms with van der Waals surface area (Å²) in [6.07, 6.45) is 3.63. The van der Waals surface area contributed by atoms with E-state index in [9.17, 15) is 0 Å². The van der Waals surface area contributed by atoms with Gasteiger partial charge >= 0.3 is 0 Å². The standard InChI is InChI=1S/C7H11NS/c1-4-6-9-8-7(3)5-2/h4-6,8H,2-3H2,1H3/b6-4-. The zero-order chi connectivity index (χ0) is 7.11. The van der Waals surface area contributed by atoms with Crippen LogP contribution in [0.2, 0.25) is 0 Å². The number of nitrogens with one attached hydrogen (secondary N) is 1. The van der Waals surface area contributed by atoms with Crippen molar-refractivity contribution in [3.8, 4) is 0 Å². The van der Waals surface area contributed by atoms with Crippen molar-refractivity contribution in [2.24, 2.45) is 0 Å². The molecule has 0 aromatic carbocycles. The summed E-state index contributed by atoms with van der Waals surface area (Å²) in [5.41, 5.74) is 0.832. The average molecular weight is 141 g/mol. The molecule has 0 heterocycles. The Labute approximate surface area is 60.7 Å². The van der Waals surface area contributed by atoms with Crippen LogP contribution in [0.25, 0.3) is 0 Å². The normalized spacial score (nSPS) is 9.44. The van der Waals surface area contributed by atoms with E-state index in [-0.39, 0.29) is 0 Å². The van der Waals surface area contributed by atoms with E-state index >= 15 is 0 Å². The van der Waals surface area contributed by atoms with Crippen LogP contribution >= 0.6 is 11.9 Å². The highest BCUT2D eigenvalue weighted by atomic mass is 32.2. The first-order chi connectivity index (χ1) is 4.31. The molecule has 0 fully saturated rings. The quantitative estimate of drug-likeness (QED) is 0.477. The van der Waals surface area contributed by atoms with Gasteiger partial charge in [0.25, 0.3) is 0 Å². The molecule has 0 spiro atoms. The minimum Gasteiger partial charge on any atom is -0.327 e. The minimum atomic E-state index is 0.832. The summed E-state index contributed by atoms with van der Waals surface area (Å²) in [6.45, 7) is 9.16. The molecule has 1 N–H and O–H groups in total. The van der Waals surface area contributed by atoms with Gasteiger partial charge in [-0.15, -0.1) is 0 Å². The topological polar surface area (TPSA) is 12.0 Å². The molecule has 9 heavy (non-hydrogen) atoms. The van der Waals surface area contributed by atoms with Crippen LogP contribution in [-0.4, -0.2) is 0 Å². The fourth-order valence-corrected chi connectivity index (χ4v) is 0.658. The van der Waals surface area contributed by atoms with Gasteiger partial charge < -0.3 is 4.72 Å². The maximum absolute atomic E-state index is 3.66. The maximum Gasteiger partial charge on any atom is 0.0365 e. The number of rotatable bonds is 4. The first-order valence-corrected chi connectivity index (χ1v) is 3.53. The van der Waals surface area contributed by atoms with Crippen LogP contribution in [0.5, 0.6) is 0 Å². The lowest BCUT2D eigenvalue weighted by Gasteiger charge is -1.97. The van der Waals surface area contributed by atoms with Gasteiger partial charge in [-0.2, -0.15) is 0 Å². The van der Waals surface area contributed by atoms with Gasteiger partial charge in [0, 0.05) is 5.70 Å². The van der Waals surface area contributed by atoms with E-state index in [1.54, 1.807) is 6.08 Å². The molecule has 2 heteroatoms. The predicted octanol–water partition coefficient (Wildman–Crippen LogP) is 2.46. The molecule has 0 amide bonds. The van der Waals surface area contributed by atoms with E-state index in [1.807, 2.05) is 18.4 Å². The summed E-state index contributed by atoms with van der Waals surface area (Å²) in [4.78, 5) is 0. The molecule has 50 valence electrons. The van der Waals surface area contributed by atoms with Crippen molar-refractivity contribution in [1.29, 1.82) is 0 Å². The van der Waals surface area contributed by atoms with Crippen molar-refractivity contribution in [3.05, 3.63) is 36.4 Å². The third-order valence-electron chi connectivity index (χ3n) is 0.641. The van der Waals surface area contributed by atoms with Crippen LogP contribution < -0.4 is 4.72 Å². The lowest BCUT2D eigenvalue weighted by atomic mass is 10.5. The molecule has 0 aliphatic carbocycles. The maximum atomic E-state index is 3.66. The molecule has 0 aromatic heterocycles. The van der Waals surface area contributed by atoms with Gasteiger partial charge in [-0.25, -0.2) is 0 Å². The van der Waals surface area contributed by atoms with Crippen LogP contribution in [0.1, 0.15) is 6.92 Å². The van der Waals surface area contributed by atoms with Crippen LogP contribution in [0.15, 0.2) is 36.4 Å². The summed E-state index contributed by atoms with van der Waals surface area (Å²) in [5.74, 6) is 0. The lowest BCUT2D eigenvalue weighted by Crippen LogP contribution is -1.95. The average Bonchev–Trinajstić information content (AvgIpc) is 1.89. The molecule has 0 saturated carbocycles. The van der Waals surface area contributed by atoms with Crippen LogP contribution in [0.4, 0.5) is 0 Å². The Morgan fingerprint density at radius 3 is 2.78 bits per heavy atom. The molecule has 0 rings (SSSR count). The van der Waals surface area contributed by atoms with Crippen LogP contribution in [0.3, 0.4) is 0 Å². The third kappa shape index (κ3) is 5.24. The molecular weight excluding hydrogens is 130 g/mol. The second-order valence-corrected chi connectivity index (χ2v) is 2.13. The molecule has 1 nitrogen and oxygen atoms in total. The molecular formula is C7H11NS. The van der Waals surface area contributed by atoms with Crippen molar-refractivity contribution in [3.63, 3.8) is 0 Å². The summed E-state index contributed by atoms with van der Waals surface area (Å²) < 4.78 is 2.95. The molecule has 0 saturated heterocycles. The number of hydrogen-bond donors (Lipinski definition) is 1. The molecule has 0 bridgehead atoms. The Morgan fingerprint density at radius 2 is 2.33 bits per heavy atom. The lowest BCUT2D eigenvalue weighted by molar-refractivity contribution is 1.32. The predicted molar refractivity (Wildman–Crippen MR) is 44.9 cm³/mol. The van der Waals surface area contributed by atoms with Crippen LogP contribution in [-0.2, 0) is 0 Å². The first-order valence-electron chi connectivity index (χ1n) is 2.65. The molecule has 0 unspecified atom stereocenters. The fourth-order valence-electron chi connectivity index (χ4n) is 0.219. The zero-order valence-electron chi connectivity index (χ0n) is 5.55. The Balaban J connectivity index is 3.27. The summed E-state index contributed by atoms with van der Waals surface area (Å²) in [5, 5.41) is 1.94. The monoisotopic (exact) mass is 141 g/mol. The second kappa shape index (κ2) is 5.51. The minimum absolute atomic E-state index is 0.832. The van der Waals surface area contributed by atoms with E-state index in [4.69, 9.17) is 0 Å². The van der Waals surface area contributed by atoms with Gasteiger partial charge in [0.15, 0.2) is 0 Å². The summed E-state index contributed by atoms with van der Waals surface area (Å²) >= 11 is 1.48. The van der Waals surface area contributed by atoms with Crippen molar-refractivity contribution < 1.29 is 0 Å². The molecule has 0 aliphatic rings. The highest BCUT2D eigenvalue weighted by molar-refractivity contribution is 8.00. The Hall–Kier alpha value is -0.630. The highest BCUT2D eigenvalue weighted by Gasteiger charge is 1.79. The van der Waals surface area contributed by atoms with Gasteiger partial charge in [0.2, 0.25) is 0 Å². The summed E-state index contributed by atoms with van der Waals surface area (Å²) in [6, 6.07) is 0. The van der Waals surface area contributed by atoms with Gasteiger partial charge in [0.05, 0.1) is 0 Å². The third-order valence-corrected chi connectivity index (χ3v) is 1.43. The van der Waals surface area contributed by atoms with E-state index < -0.39 is 0 Å². The van der Waals surface area contributed by atoms with E-state index in [1.165, 1.54) is 11.9 Å². The van der Waals surface area contributed by atoms with Crippen molar-refractivity contribution in [2.75, 3.05) is 0 Å². The smallest absolute Gasteiger partial charge is 0.0365 e. The van der Waals surface area contributed by atoms with E-state index in [0.717, 1.165) is 5.70 Å². The molecule has 0 atom stereocenters. The SMILES string of the molecule is C=CC(=C)NS/C=C\C.